The second-order valence-electron chi connectivity index (χ2n) is 5.92. The summed E-state index contributed by atoms with van der Waals surface area (Å²) in [6, 6.07) is 14.7. The number of para-hydroxylation sites is 1. The lowest BCUT2D eigenvalue weighted by Crippen LogP contribution is -2.32. The van der Waals surface area contributed by atoms with Crippen LogP contribution in [0.3, 0.4) is 0 Å². The second kappa shape index (κ2) is 6.84. The average Bonchev–Trinajstić information content (AvgIpc) is 2.84. The van der Waals surface area contributed by atoms with Crippen molar-refractivity contribution in [1.82, 2.24) is 9.13 Å². The van der Waals surface area contributed by atoms with Crippen LogP contribution in [0.25, 0.3) is 11.0 Å². The number of rotatable bonds is 5. The van der Waals surface area contributed by atoms with E-state index in [9.17, 15) is 9.59 Å². The molecule has 1 heterocycles. The molecule has 1 N–H and O–H groups in total. The Bertz CT molecular complexity index is 957. The van der Waals surface area contributed by atoms with E-state index in [1.807, 2.05) is 43.3 Å². The highest BCUT2D eigenvalue weighted by atomic mass is 16.5. The summed E-state index contributed by atoms with van der Waals surface area (Å²) >= 11 is 0. The lowest BCUT2D eigenvalue weighted by Gasteiger charge is -2.17. The maximum Gasteiger partial charge on any atom is 0.328 e. The number of carbonyl (C=O) groups is 1. The van der Waals surface area contributed by atoms with Crippen LogP contribution in [0, 0.1) is 0 Å². The third-order valence-corrected chi connectivity index (χ3v) is 4.22. The molecule has 0 saturated heterocycles. The van der Waals surface area contributed by atoms with Gasteiger partial charge in [0.05, 0.1) is 11.0 Å². The summed E-state index contributed by atoms with van der Waals surface area (Å²) in [6.45, 7) is 1.90. The zero-order valence-electron chi connectivity index (χ0n) is 14.5. The molecule has 3 aromatic rings. The van der Waals surface area contributed by atoms with E-state index in [4.69, 9.17) is 4.74 Å². The minimum Gasteiger partial charge on any atom is -0.481 e. The fraction of sp³-hybridized carbons (Fsp3) is 0.263. The van der Waals surface area contributed by atoms with Gasteiger partial charge in [0, 0.05) is 19.8 Å². The summed E-state index contributed by atoms with van der Waals surface area (Å²) in [5.74, 6) is 0.442. The molecule has 0 aliphatic carbocycles. The van der Waals surface area contributed by atoms with Gasteiger partial charge in [-0.15, -0.1) is 0 Å². The maximum absolute atomic E-state index is 12.5. The zero-order valence-corrected chi connectivity index (χ0v) is 14.5. The van der Waals surface area contributed by atoms with Gasteiger partial charge in [-0.1, -0.05) is 25.1 Å². The number of fused-ring (bicyclic) bond motifs is 1. The molecule has 1 amide bonds. The number of ether oxygens (including phenoxy) is 1. The molecule has 0 aliphatic heterocycles. The minimum absolute atomic E-state index is 0.0997. The van der Waals surface area contributed by atoms with Crippen molar-refractivity contribution in [3.8, 4) is 5.75 Å². The Morgan fingerprint density at radius 3 is 2.44 bits per heavy atom. The first kappa shape index (κ1) is 16.8. The Hall–Kier alpha value is -3.02. The van der Waals surface area contributed by atoms with E-state index in [2.05, 4.69) is 5.32 Å². The number of nitrogens with zero attached hydrogens (tertiary/aromatic N) is 2. The first-order chi connectivity index (χ1) is 12.0. The van der Waals surface area contributed by atoms with Gasteiger partial charge in [-0.05, 0) is 36.8 Å². The standard InChI is InChI=1S/C19H21N3O3/c1-4-17(25-14-8-6-5-7-9-14)18(23)20-13-10-11-15-16(12-13)22(3)19(24)21(15)2/h5-12,17H,4H2,1-3H3,(H,20,23)/t17-/m0/s1. The molecule has 0 fully saturated rings. The Balaban J connectivity index is 1.80. The first-order valence-corrected chi connectivity index (χ1v) is 8.19. The summed E-state index contributed by atoms with van der Waals surface area (Å²) in [6.07, 6.45) is -0.0371. The monoisotopic (exact) mass is 339 g/mol. The van der Waals surface area contributed by atoms with Crippen molar-refractivity contribution >= 4 is 22.6 Å². The van der Waals surface area contributed by atoms with Gasteiger partial charge in [-0.2, -0.15) is 0 Å². The van der Waals surface area contributed by atoms with E-state index < -0.39 is 6.10 Å². The van der Waals surface area contributed by atoms with Crippen molar-refractivity contribution in [3.63, 3.8) is 0 Å². The van der Waals surface area contributed by atoms with Crippen LogP contribution in [0.4, 0.5) is 5.69 Å². The smallest absolute Gasteiger partial charge is 0.328 e. The van der Waals surface area contributed by atoms with Crippen LogP contribution in [-0.4, -0.2) is 21.1 Å². The molecular formula is C19H21N3O3. The van der Waals surface area contributed by atoms with Crippen LogP contribution in [0.1, 0.15) is 13.3 Å². The Morgan fingerprint density at radius 1 is 1.08 bits per heavy atom. The first-order valence-electron chi connectivity index (χ1n) is 8.19. The Morgan fingerprint density at radius 2 is 1.76 bits per heavy atom. The van der Waals surface area contributed by atoms with Crippen molar-refractivity contribution in [2.24, 2.45) is 14.1 Å². The highest BCUT2D eigenvalue weighted by Gasteiger charge is 2.19. The van der Waals surface area contributed by atoms with Crippen LogP contribution in [0.5, 0.6) is 5.75 Å². The summed E-state index contributed by atoms with van der Waals surface area (Å²) in [4.78, 5) is 24.5. The fourth-order valence-corrected chi connectivity index (χ4v) is 2.79. The third-order valence-electron chi connectivity index (χ3n) is 4.22. The lowest BCUT2D eigenvalue weighted by molar-refractivity contribution is -0.122. The number of benzene rings is 2. The molecule has 6 heteroatoms. The van der Waals surface area contributed by atoms with Gasteiger partial charge in [-0.3, -0.25) is 13.9 Å². The SMILES string of the molecule is CC[C@H](Oc1ccccc1)C(=O)Nc1ccc2c(c1)n(C)c(=O)n2C. The number of carbonyl (C=O) groups excluding carboxylic acids is 1. The average molecular weight is 339 g/mol. The maximum atomic E-state index is 12.5. The predicted octanol–water partition coefficient (Wildman–Crippen LogP) is 2.67. The van der Waals surface area contributed by atoms with Crippen molar-refractivity contribution in [2.75, 3.05) is 5.32 Å². The number of anilines is 1. The molecule has 0 unspecified atom stereocenters. The van der Waals surface area contributed by atoms with E-state index in [1.165, 1.54) is 0 Å². The van der Waals surface area contributed by atoms with Crippen LogP contribution < -0.4 is 15.7 Å². The molecule has 1 atom stereocenters. The van der Waals surface area contributed by atoms with Crippen LogP contribution in [-0.2, 0) is 18.9 Å². The summed E-state index contributed by atoms with van der Waals surface area (Å²) in [7, 11) is 3.44. The van der Waals surface area contributed by atoms with Gasteiger partial charge in [-0.25, -0.2) is 4.79 Å². The molecule has 0 aliphatic rings. The van der Waals surface area contributed by atoms with E-state index in [0.29, 0.717) is 17.9 Å². The van der Waals surface area contributed by atoms with E-state index in [1.54, 1.807) is 35.4 Å². The molecule has 2 aromatic carbocycles. The van der Waals surface area contributed by atoms with Crippen molar-refractivity contribution in [2.45, 2.75) is 19.4 Å². The van der Waals surface area contributed by atoms with Gasteiger partial charge in [0.25, 0.3) is 5.91 Å². The van der Waals surface area contributed by atoms with Crippen LogP contribution in [0.15, 0.2) is 53.3 Å². The highest BCUT2D eigenvalue weighted by Crippen LogP contribution is 2.19. The lowest BCUT2D eigenvalue weighted by atomic mass is 10.2. The molecule has 130 valence electrons. The van der Waals surface area contributed by atoms with Gasteiger partial charge >= 0.3 is 5.69 Å². The van der Waals surface area contributed by atoms with Gasteiger partial charge in [0.2, 0.25) is 0 Å². The molecule has 6 nitrogen and oxygen atoms in total. The number of imidazole rings is 1. The largest absolute Gasteiger partial charge is 0.481 e. The second-order valence-corrected chi connectivity index (χ2v) is 5.92. The normalized spacial score (nSPS) is 12.1. The van der Waals surface area contributed by atoms with Gasteiger partial charge in [0.15, 0.2) is 6.10 Å². The van der Waals surface area contributed by atoms with Crippen molar-refractivity contribution in [1.29, 1.82) is 0 Å². The van der Waals surface area contributed by atoms with Crippen LogP contribution >= 0.6 is 0 Å². The van der Waals surface area contributed by atoms with E-state index >= 15 is 0 Å². The number of aromatic nitrogens is 2. The molecule has 3 rings (SSSR count). The summed E-state index contributed by atoms with van der Waals surface area (Å²) < 4.78 is 8.90. The molecule has 0 spiro atoms. The van der Waals surface area contributed by atoms with Crippen LogP contribution in [0.2, 0.25) is 0 Å². The number of hydrogen-bond acceptors (Lipinski definition) is 3. The molecule has 25 heavy (non-hydrogen) atoms. The quantitative estimate of drug-likeness (QED) is 0.777. The zero-order chi connectivity index (χ0) is 18.0. The number of nitrogens with one attached hydrogen (secondary N) is 1. The molecule has 0 bridgehead atoms. The van der Waals surface area contributed by atoms with Crippen molar-refractivity contribution in [3.05, 3.63) is 59.0 Å². The third kappa shape index (κ3) is 3.28. The molecule has 0 saturated carbocycles. The topological polar surface area (TPSA) is 65.3 Å². The Kier molecular flexibility index (Phi) is 4.61. The number of hydrogen-bond donors (Lipinski definition) is 1. The van der Waals surface area contributed by atoms with E-state index in [-0.39, 0.29) is 11.6 Å². The summed E-state index contributed by atoms with van der Waals surface area (Å²) in [5, 5.41) is 2.87. The van der Waals surface area contributed by atoms with Gasteiger partial charge < -0.3 is 10.1 Å². The number of aryl methyl sites for hydroxylation is 2. The fourth-order valence-electron chi connectivity index (χ4n) is 2.79. The highest BCUT2D eigenvalue weighted by molar-refractivity contribution is 5.96. The van der Waals surface area contributed by atoms with Crippen molar-refractivity contribution < 1.29 is 9.53 Å². The minimum atomic E-state index is -0.585. The number of amides is 1. The molecule has 0 radical (unpaired) electrons. The van der Waals surface area contributed by atoms with E-state index in [0.717, 1.165) is 11.0 Å². The summed E-state index contributed by atoms with van der Waals surface area (Å²) in [5.41, 5.74) is 2.12. The van der Waals surface area contributed by atoms with Gasteiger partial charge in [0.1, 0.15) is 5.75 Å². The molecule has 1 aromatic heterocycles. The Labute approximate surface area is 145 Å². The molecular weight excluding hydrogens is 318 g/mol. The predicted molar refractivity (Wildman–Crippen MR) is 97.9 cm³/mol.